The number of pyridine rings is 1. The quantitative estimate of drug-likeness (QED) is 0.888. The van der Waals surface area contributed by atoms with E-state index in [9.17, 15) is 9.59 Å². The van der Waals surface area contributed by atoms with E-state index in [1.807, 2.05) is 12.3 Å². The number of aryl methyl sites for hydroxylation is 2. The third kappa shape index (κ3) is 3.03. The van der Waals surface area contributed by atoms with Crippen LogP contribution in [0.25, 0.3) is 0 Å². The first-order valence-corrected chi connectivity index (χ1v) is 8.75. The second-order valence-electron chi connectivity index (χ2n) is 6.17. The van der Waals surface area contributed by atoms with E-state index in [1.54, 1.807) is 18.3 Å². The molecule has 0 aliphatic heterocycles. The van der Waals surface area contributed by atoms with Gasteiger partial charge in [0.25, 0.3) is 5.91 Å². The molecule has 1 saturated carbocycles. The first-order valence-electron chi connectivity index (χ1n) is 7.87. The maximum absolute atomic E-state index is 12.7. The number of aromatic nitrogens is 2. The van der Waals surface area contributed by atoms with Gasteiger partial charge in [-0.1, -0.05) is 12.8 Å². The van der Waals surface area contributed by atoms with E-state index in [1.165, 1.54) is 12.1 Å². The third-order valence-electron chi connectivity index (χ3n) is 4.39. The Morgan fingerprint density at radius 2 is 1.92 bits per heavy atom. The number of thiazole rings is 1. The minimum absolute atomic E-state index is 0.109. The molecule has 1 aliphatic carbocycles. The van der Waals surface area contributed by atoms with Crippen molar-refractivity contribution in [2.24, 2.45) is 0 Å². The minimum atomic E-state index is -1.04. The Balaban J connectivity index is 1.87. The zero-order valence-corrected chi connectivity index (χ0v) is 14.4. The molecular formula is C17H19N3O3S. The molecule has 0 bridgehead atoms. The predicted octanol–water partition coefficient (Wildman–Crippen LogP) is 3.05. The summed E-state index contributed by atoms with van der Waals surface area (Å²) >= 11 is 1.57. The van der Waals surface area contributed by atoms with Gasteiger partial charge in [-0.2, -0.15) is 0 Å². The fraction of sp³-hybridized carbons (Fsp3) is 0.412. The second kappa shape index (κ2) is 6.32. The van der Waals surface area contributed by atoms with Crippen LogP contribution in [0.4, 0.5) is 0 Å². The van der Waals surface area contributed by atoms with Crippen LogP contribution in [0.15, 0.2) is 17.5 Å². The standard InChI is InChI=1S/C17H19N3O3S/c1-10-9-24-16(18-10)17(7-3-4-8-17)20-14(21)13-6-5-12(15(22)23)11(2)19-13/h5-6,9H,3-4,7-8H2,1-2H3,(H,20,21)(H,22,23). The van der Waals surface area contributed by atoms with Crippen molar-refractivity contribution in [3.8, 4) is 0 Å². The van der Waals surface area contributed by atoms with Crippen LogP contribution in [0.1, 0.15) is 62.9 Å². The molecule has 2 N–H and O–H groups in total. The molecule has 2 aromatic heterocycles. The molecule has 0 unspecified atom stereocenters. The SMILES string of the molecule is Cc1csc(C2(NC(=O)c3ccc(C(=O)O)c(C)n3)CCCC2)n1. The summed E-state index contributed by atoms with van der Waals surface area (Å²) in [6.45, 7) is 3.54. The van der Waals surface area contributed by atoms with Gasteiger partial charge in [0, 0.05) is 11.1 Å². The zero-order valence-electron chi connectivity index (χ0n) is 13.6. The van der Waals surface area contributed by atoms with Gasteiger partial charge in [-0.25, -0.2) is 14.8 Å². The summed E-state index contributed by atoms with van der Waals surface area (Å²) in [7, 11) is 0. The average Bonchev–Trinajstić information content (AvgIpc) is 3.16. The fourth-order valence-corrected chi connectivity index (χ4v) is 4.15. The highest BCUT2D eigenvalue weighted by Gasteiger charge is 2.40. The Morgan fingerprint density at radius 1 is 1.21 bits per heavy atom. The molecule has 1 amide bonds. The number of aromatic carboxylic acids is 1. The van der Waals surface area contributed by atoms with Crippen molar-refractivity contribution in [3.05, 3.63) is 45.2 Å². The van der Waals surface area contributed by atoms with Gasteiger partial charge in [0.15, 0.2) is 0 Å². The van der Waals surface area contributed by atoms with Crippen molar-refractivity contribution in [2.75, 3.05) is 0 Å². The minimum Gasteiger partial charge on any atom is -0.478 e. The van der Waals surface area contributed by atoms with E-state index in [-0.39, 0.29) is 17.2 Å². The van der Waals surface area contributed by atoms with Crippen LogP contribution >= 0.6 is 11.3 Å². The van der Waals surface area contributed by atoms with Gasteiger partial charge in [-0.15, -0.1) is 11.3 Å². The summed E-state index contributed by atoms with van der Waals surface area (Å²) in [5.74, 6) is -1.33. The molecule has 0 atom stereocenters. The van der Waals surface area contributed by atoms with Crippen LogP contribution in [0.2, 0.25) is 0 Å². The van der Waals surface area contributed by atoms with Crippen molar-refractivity contribution in [1.29, 1.82) is 0 Å². The van der Waals surface area contributed by atoms with Gasteiger partial charge in [0.05, 0.1) is 16.8 Å². The number of hydrogen-bond acceptors (Lipinski definition) is 5. The molecule has 1 fully saturated rings. The molecule has 3 rings (SSSR count). The zero-order chi connectivity index (χ0) is 17.3. The van der Waals surface area contributed by atoms with Gasteiger partial charge in [-0.05, 0) is 38.8 Å². The van der Waals surface area contributed by atoms with Crippen molar-refractivity contribution in [1.82, 2.24) is 15.3 Å². The van der Waals surface area contributed by atoms with Crippen molar-refractivity contribution < 1.29 is 14.7 Å². The van der Waals surface area contributed by atoms with E-state index >= 15 is 0 Å². The highest BCUT2D eigenvalue weighted by Crippen LogP contribution is 2.40. The third-order valence-corrected chi connectivity index (χ3v) is 5.55. The largest absolute Gasteiger partial charge is 0.478 e. The van der Waals surface area contributed by atoms with Gasteiger partial charge < -0.3 is 10.4 Å². The number of nitrogens with zero attached hydrogens (tertiary/aromatic N) is 2. The number of hydrogen-bond donors (Lipinski definition) is 2. The molecule has 1 aliphatic rings. The Kier molecular flexibility index (Phi) is 4.36. The van der Waals surface area contributed by atoms with Crippen molar-refractivity contribution >= 4 is 23.2 Å². The topological polar surface area (TPSA) is 92.2 Å². The van der Waals surface area contributed by atoms with Gasteiger partial charge in [-0.3, -0.25) is 4.79 Å². The summed E-state index contributed by atoms with van der Waals surface area (Å²) in [5, 5.41) is 15.1. The van der Waals surface area contributed by atoms with Crippen LogP contribution in [0, 0.1) is 13.8 Å². The molecule has 0 aromatic carbocycles. The molecule has 7 heteroatoms. The number of rotatable bonds is 4. The van der Waals surface area contributed by atoms with E-state index in [4.69, 9.17) is 5.11 Å². The van der Waals surface area contributed by atoms with E-state index < -0.39 is 11.5 Å². The van der Waals surface area contributed by atoms with Gasteiger partial charge in [0.1, 0.15) is 10.7 Å². The molecule has 2 aromatic rings. The van der Waals surface area contributed by atoms with Crippen LogP contribution in [-0.2, 0) is 5.54 Å². The lowest BCUT2D eigenvalue weighted by Gasteiger charge is -2.28. The number of nitrogens with one attached hydrogen (secondary N) is 1. The van der Waals surface area contributed by atoms with E-state index in [2.05, 4.69) is 15.3 Å². The molecule has 126 valence electrons. The number of carbonyl (C=O) groups excluding carboxylic acids is 1. The van der Waals surface area contributed by atoms with Crippen LogP contribution in [0.3, 0.4) is 0 Å². The summed E-state index contributed by atoms with van der Waals surface area (Å²) in [5.41, 5.74) is 1.20. The smallest absolute Gasteiger partial charge is 0.337 e. The Bertz CT molecular complexity index is 794. The molecule has 0 spiro atoms. The lowest BCUT2D eigenvalue weighted by atomic mass is 9.98. The van der Waals surface area contributed by atoms with Gasteiger partial charge in [0.2, 0.25) is 0 Å². The van der Waals surface area contributed by atoms with Crippen LogP contribution < -0.4 is 5.32 Å². The van der Waals surface area contributed by atoms with Crippen LogP contribution in [0.5, 0.6) is 0 Å². The van der Waals surface area contributed by atoms with E-state index in [0.29, 0.717) is 5.69 Å². The lowest BCUT2D eigenvalue weighted by molar-refractivity contribution is 0.0694. The average molecular weight is 345 g/mol. The van der Waals surface area contributed by atoms with Crippen molar-refractivity contribution in [3.63, 3.8) is 0 Å². The second-order valence-corrected chi connectivity index (χ2v) is 7.03. The van der Waals surface area contributed by atoms with Crippen LogP contribution in [-0.4, -0.2) is 27.0 Å². The first-order chi connectivity index (χ1) is 11.4. The highest BCUT2D eigenvalue weighted by atomic mass is 32.1. The first kappa shape index (κ1) is 16.6. The molecule has 0 radical (unpaired) electrons. The highest BCUT2D eigenvalue weighted by molar-refractivity contribution is 7.09. The molecular weight excluding hydrogens is 326 g/mol. The summed E-state index contributed by atoms with van der Waals surface area (Å²) < 4.78 is 0. The predicted molar refractivity (Wildman–Crippen MR) is 90.4 cm³/mol. The van der Waals surface area contributed by atoms with Crippen molar-refractivity contribution in [2.45, 2.75) is 45.1 Å². The lowest BCUT2D eigenvalue weighted by Crippen LogP contribution is -2.44. The molecule has 2 heterocycles. The van der Waals surface area contributed by atoms with E-state index in [0.717, 1.165) is 36.4 Å². The maximum atomic E-state index is 12.7. The summed E-state index contributed by atoms with van der Waals surface area (Å²) in [6.07, 6.45) is 3.81. The van der Waals surface area contributed by atoms with Gasteiger partial charge >= 0.3 is 5.97 Å². The summed E-state index contributed by atoms with van der Waals surface area (Å²) in [4.78, 5) is 32.5. The Labute approximate surface area is 144 Å². The number of carboxylic acid groups (broad SMARTS) is 1. The fourth-order valence-electron chi connectivity index (χ4n) is 3.14. The normalized spacial score (nSPS) is 16.1. The Hall–Kier alpha value is -2.28. The molecule has 0 saturated heterocycles. The molecule has 6 nitrogen and oxygen atoms in total. The monoisotopic (exact) mass is 345 g/mol. The number of carbonyl (C=O) groups is 2. The maximum Gasteiger partial charge on any atom is 0.337 e. The molecule has 24 heavy (non-hydrogen) atoms. The Morgan fingerprint density at radius 3 is 2.46 bits per heavy atom. The number of amides is 1. The number of carboxylic acids is 1. The summed E-state index contributed by atoms with van der Waals surface area (Å²) in [6, 6.07) is 2.88.